The molecule has 0 unspecified atom stereocenters. The predicted molar refractivity (Wildman–Crippen MR) is 157 cm³/mol. The van der Waals surface area contributed by atoms with Gasteiger partial charge in [0.15, 0.2) is 11.5 Å². The number of aromatic nitrogens is 3. The largest absolute Gasteiger partial charge is 0.369 e. The van der Waals surface area contributed by atoms with Crippen LogP contribution in [0.3, 0.4) is 0 Å². The van der Waals surface area contributed by atoms with E-state index in [1.165, 1.54) is 22.6 Å². The second-order valence-electron chi connectivity index (χ2n) is 10.5. The summed E-state index contributed by atoms with van der Waals surface area (Å²) >= 11 is 1.49. The fourth-order valence-electron chi connectivity index (χ4n) is 5.57. The Balaban J connectivity index is 1.16. The Morgan fingerprint density at radius 3 is 2.23 bits per heavy atom. The Morgan fingerprint density at radius 1 is 0.846 bits per heavy atom. The van der Waals surface area contributed by atoms with Crippen molar-refractivity contribution >= 4 is 51.1 Å². The summed E-state index contributed by atoms with van der Waals surface area (Å²) in [6.45, 7) is 12.7. The first-order chi connectivity index (χ1) is 18.8. The Kier molecular flexibility index (Phi) is 6.88. The number of hydrogen-bond acceptors (Lipinski definition) is 11. The number of fused-ring (bicyclic) bond motifs is 2. The molecular weight excluding hydrogens is 512 g/mol. The highest BCUT2D eigenvalue weighted by Gasteiger charge is 2.32. The molecule has 1 amide bonds. The van der Waals surface area contributed by atoms with Crippen LogP contribution in [-0.4, -0.2) is 109 Å². The lowest BCUT2D eigenvalue weighted by Gasteiger charge is -2.45. The van der Waals surface area contributed by atoms with Crippen LogP contribution in [0.25, 0.3) is 0 Å². The van der Waals surface area contributed by atoms with E-state index < -0.39 is 0 Å². The van der Waals surface area contributed by atoms with Gasteiger partial charge < -0.3 is 24.9 Å². The number of aryl methyl sites for hydroxylation is 2. The molecule has 0 bridgehead atoms. The molecule has 3 aliphatic heterocycles. The van der Waals surface area contributed by atoms with Gasteiger partial charge in [-0.3, -0.25) is 4.79 Å². The quantitative estimate of drug-likeness (QED) is 0.525. The number of anilines is 6. The smallest absolute Gasteiger partial charge is 0.279 e. The minimum absolute atomic E-state index is 0.153. The molecule has 0 saturated carbocycles. The third kappa shape index (κ3) is 4.93. The van der Waals surface area contributed by atoms with Crippen molar-refractivity contribution in [2.24, 2.45) is 0 Å². The molecule has 2 fully saturated rings. The van der Waals surface area contributed by atoms with E-state index in [1.807, 2.05) is 18.9 Å². The molecule has 206 valence electrons. The van der Waals surface area contributed by atoms with Crippen molar-refractivity contribution in [3.63, 3.8) is 0 Å². The summed E-state index contributed by atoms with van der Waals surface area (Å²) in [6, 6.07) is 6.44. The third-order valence-corrected chi connectivity index (χ3v) is 8.93. The number of hydrogen-bond donors (Lipinski definition) is 1. The Morgan fingerprint density at radius 2 is 1.54 bits per heavy atom. The molecular formula is C27H36N10OS. The number of amides is 1. The zero-order chi connectivity index (χ0) is 27.3. The van der Waals surface area contributed by atoms with Crippen LogP contribution in [0.5, 0.6) is 0 Å². The fourth-order valence-corrected chi connectivity index (χ4v) is 6.44. The van der Waals surface area contributed by atoms with Crippen LogP contribution in [0.15, 0.2) is 24.4 Å². The first-order valence-corrected chi connectivity index (χ1v) is 14.3. The number of nitrogens with zero attached hydrogens (tertiary/aromatic N) is 9. The second-order valence-corrected chi connectivity index (χ2v) is 11.7. The average molecular weight is 549 g/mol. The van der Waals surface area contributed by atoms with Gasteiger partial charge in [0.1, 0.15) is 10.7 Å². The molecule has 39 heavy (non-hydrogen) atoms. The summed E-state index contributed by atoms with van der Waals surface area (Å²) in [5.74, 6) is 0.997. The molecule has 1 aromatic carbocycles. The molecule has 2 saturated heterocycles. The minimum Gasteiger partial charge on any atom is -0.369 e. The average Bonchev–Trinajstić information content (AvgIpc) is 3.31. The van der Waals surface area contributed by atoms with Gasteiger partial charge in [-0.25, -0.2) is 20.0 Å². The number of benzene rings is 1. The number of carbonyl (C=O) groups excluding carboxylic acids is 1. The highest BCUT2D eigenvalue weighted by molar-refractivity contribution is 7.16. The Bertz CT molecular complexity index is 1380. The van der Waals surface area contributed by atoms with Gasteiger partial charge in [0.05, 0.1) is 11.2 Å². The maximum atomic E-state index is 13.0. The Labute approximate surface area is 233 Å². The van der Waals surface area contributed by atoms with Crippen molar-refractivity contribution in [1.82, 2.24) is 29.9 Å². The monoisotopic (exact) mass is 548 g/mol. The number of piperazine rings is 2. The number of thiazole rings is 1. The number of rotatable bonds is 4. The summed E-state index contributed by atoms with van der Waals surface area (Å²) in [5.41, 5.74) is 4.52. The number of carbonyl (C=O) groups is 1. The zero-order valence-corrected chi connectivity index (χ0v) is 24.1. The molecule has 1 N–H and O–H groups in total. The van der Waals surface area contributed by atoms with Crippen LogP contribution < -0.4 is 20.0 Å². The lowest BCUT2D eigenvalue weighted by atomic mass is 10.1. The van der Waals surface area contributed by atoms with Crippen LogP contribution >= 0.6 is 11.3 Å². The van der Waals surface area contributed by atoms with Crippen LogP contribution in [0, 0.1) is 13.8 Å². The highest BCUT2D eigenvalue weighted by atomic mass is 32.1. The van der Waals surface area contributed by atoms with Crippen LogP contribution in [0.2, 0.25) is 0 Å². The summed E-state index contributed by atoms with van der Waals surface area (Å²) in [4.78, 5) is 35.2. The molecule has 12 heteroatoms. The van der Waals surface area contributed by atoms with E-state index in [4.69, 9.17) is 4.98 Å². The molecule has 3 aliphatic rings. The van der Waals surface area contributed by atoms with Crippen molar-refractivity contribution in [1.29, 1.82) is 0 Å². The molecule has 2 aromatic heterocycles. The van der Waals surface area contributed by atoms with Crippen molar-refractivity contribution in [3.8, 4) is 0 Å². The van der Waals surface area contributed by atoms with Crippen molar-refractivity contribution in [2.45, 2.75) is 13.8 Å². The number of nitrogens with one attached hydrogen (secondary N) is 1. The molecule has 6 rings (SSSR count). The van der Waals surface area contributed by atoms with E-state index in [-0.39, 0.29) is 5.91 Å². The maximum Gasteiger partial charge on any atom is 0.279 e. The van der Waals surface area contributed by atoms with Crippen LogP contribution in [0.4, 0.5) is 33.8 Å². The number of hydrazine groups is 1. The molecule has 0 spiro atoms. The summed E-state index contributed by atoms with van der Waals surface area (Å²) in [7, 11) is 5.86. The SMILES string of the molecule is Cc1nc2c(s1)N(C)c1nc(Nc3ccc(N4CCN(N5CCN(C)CC5)CC4)c(C)c3)ncc1N(C)C2=O. The van der Waals surface area contributed by atoms with Gasteiger partial charge in [0.25, 0.3) is 5.91 Å². The third-order valence-electron chi connectivity index (χ3n) is 7.89. The zero-order valence-electron chi connectivity index (χ0n) is 23.3. The van der Waals surface area contributed by atoms with Gasteiger partial charge in [-0.2, -0.15) is 4.98 Å². The minimum atomic E-state index is -0.153. The number of likely N-dealkylation sites (N-methyl/N-ethyl adjacent to an activating group) is 1. The molecule has 3 aromatic rings. The van der Waals surface area contributed by atoms with E-state index in [0.717, 1.165) is 68.1 Å². The standard InChI is InChI=1S/C27H36N10OS/c1-18-16-20(6-7-21(18)35-10-14-37(15-11-35)36-12-8-32(3)9-13-36)30-27-28-17-22-24(31-27)34(5)26-23(25(38)33(22)4)29-19(2)39-26/h6-7,16-17H,8-15H2,1-5H3,(H,28,30,31). The van der Waals surface area contributed by atoms with E-state index in [2.05, 4.69) is 67.3 Å². The fraction of sp³-hybridized carbons (Fsp3) is 0.481. The topological polar surface area (TPSA) is 87.2 Å². The van der Waals surface area contributed by atoms with E-state index in [0.29, 0.717) is 23.1 Å². The van der Waals surface area contributed by atoms with Crippen molar-refractivity contribution in [2.75, 3.05) is 93.5 Å². The summed E-state index contributed by atoms with van der Waals surface area (Å²) in [5, 5.41) is 10.1. The van der Waals surface area contributed by atoms with Gasteiger partial charge >= 0.3 is 0 Å². The first kappa shape index (κ1) is 25.9. The first-order valence-electron chi connectivity index (χ1n) is 13.5. The van der Waals surface area contributed by atoms with Gasteiger partial charge in [-0.1, -0.05) is 0 Å². The molecule has 0 radical (unpaired) electrons. The Hall–Kier alpha value is -3.32. The van der Waals surface area contributed by atoms with Gasteiger partial charge in [-0.05, 0) is 44.7 Å². The molecule has 0 aliphatic carbocycles. The molecule has 5 heterocycles. The van der Waals surface area contributed by atoms with Crippen LogP contribution in [0.1, 0.15) is 21.1 Å². The van der Waals surface area contributed by atoms with Crippen molar-refractivity contribution < 1.29 is 4.79 Å². The summed E-state index contributed by atoms with van der Waals surface area (Å²) in [6.07, 6.45) is 1.70. The lowest BCUT2D eigenvalue weighted by molar-refractivity contribution is -0.0564. The lowest BCUT2D eigenvalue weighted by Crippen LogP contribution is -2.58. The predicted octanol–water partition coefficient (Wildman–Crippen LogP) is 2.94. The van der Waals surface area contributed by atoms with Crippen LogP contribution in [-0.2, 0) is 0 Å². The highest BCUT2D eigenvalue weighted by Crippen LogP contribution is 2.41. The van der Waals surface area contributed by atoms with Gasteiger partial charge in [-0.15, -0.1) is 11.3 Å². The van der Waals surface area contributed by atoms with E-state index in [1.54, 1.807) is 18.1 Å². The molecule has 0 atom stereocenters. The van der Waals surface area contributed by atoms with Gasteiger partial charge in [0.2, 0.25) is 5.95 Å². The second kappa shape index (κ2) is 10.3. The summed E-state index contributed by atoms with van der Waals surface area (Å²) < 4.78 is 0. The normalized spacial score (nSPS) is 19.2. The molecule has 11 nitrogen and oxygen atoms in total. The van der Waals surface area contributed by atoms with Crippen molar-refractivity contribution in [3.05, 3.63) is 40.7 Å². The van der Waals surface area contributed by atoms with E-state index >= 15 is 0 Å². The van der Waals surface area contributed by atoms with E-state index in [9.17, 15) is 4.79 Å². The maximum absolute atomic E-state index is 13.0. The van der Waals surface area contributed by atoms with Gasteiger partial charge in [0, 0.05) is 77.8 Å².